The zero-order chi connectivity index (χ0) is 13.3. The van der Waals surface area contributed by atoms with Crippen LogP contribution in [0.5, 0.6) is 0 Å². The van der Waals surface area contributed by atoms with E-state index >= 15 is 0 Å². The summed E-state index contributed by atoms with van der Waals surface area (Å²) < 4.78 is 0. The maximum Gasteiger partial charge on any atom is 0.0996 e. The van der Waals surface area contributed by atoms with E-state index < -0.39 is 0 Å². The standard InChI is InChI=1S/C15H32N2/c1-7-9-10-16-15(17-13(5)6)14(8-2)11-12(3)4/h12-14H,7-11H2,1-6H3,(H,16,17). The van der Waals surface area contributed by atoms with E-state index in [2.05, 4.69) is 46.9 Å². The van der Waals surface area contributed by atoms with Gasteiger partial charge in [-0.15, -0.1) is 0 Å². The first-order chi connectivity index (χ1) is 8.01. The van der Waals surface area contributed by atoms with Gasteiger partial charge in [-0.25, -0.2) is 0 Å². The molecule has 0 spiro atoms. The van der Waals surface area contributed by atoms with E-state index in [4.69, 9.17) is 4.99 Å². The van der Waals surface area contributed by atoms with Gasteiger partial charge in [-0.05, 0) is 39.0 Å². The third-order valence-corrected chi connectivity index (χ3v) is 2.87. The summed E-state index contributed by atoms with van der Waals surface area (Å²) >= 11 is 0. The fraction of sp³-hybridized carbons (Fsp3) is 0.933. The number of unbranched alkanes of at least 4 members (excludes halogenated alkanes) is 1. The van der Waals surface area contributed by atoms with Crippen LogP contribution in [0.2, 0.25) is 0 Å². The maximum absolute atomic E-state index is 4.78. The molecule has 0 saturated heterocycles. The smallest absolute Gasteiger partial charge is 0.0996 e. The first kappa shape index (κ1) is 16.5. The molecule has 0 aliphatic carbocycles. The summed E-state index contributed by atoms with van der Waals surface area (Å²) in [7, 11) is 0. The Morgan fingerprint density at radius 2 is 1.76 bits per heavy atom. The number of hydrogen-bond acceptors (Lipinski definition) is 1. The minimum atomic E-state index is 0.483. The van der Waals surface area contributed by atoms with E-state index in [1.54, 1.807) is 0 Å². The third kappa shape index (κ3) is 8.23. The highest BCUT2D eigenvalue weighted by atomic mass is 15.0. The zero-order valence-electron chi connectivity index (χ0n) is 12.7. The Bertz CT molecular complexity index is 207. The van der Waals surface area contributed by atoms with Crippen molar-refractivity contribution in [2.45, 2.75) is 73.3 Å². The lowest BCUT2D eigenvalue weighted by Crippen LogP contribution is -2.36. The topological polar surface area (TPSA) is 24.4 Å². The molecule has 1 N–H and O–H groups in total. The SMILES string of the molecule is CCCCN=C(NC(C)C)C(CC)CC(C)C. The molecule has 0 bridgehead atoms. The van der Waals surface area contributed by atoms with Crippen molar-refractivity contribution in [3.05, 3.63) is 0 Å². The van der Waals surface area contributed by atoms with Gasteiger partial charge in [0.25, 0.3) is 0 Å². The molecule has 0 radical (unpaired) electrons. The van der Waals surface area contributed by atoms with Crippen molar-refractivity contribution < 1.29 is 0 Å². The highest BCUT2D eigenvalue weighted by Crippen LogP contribution is 2.16. The molecule has 17 heavy (non-hydrogen) atoms. The molecule has 0 saturated carbocycles. The van der Waals surface area contributed by atoms with Crippen LogP contribution in [0, 0.1) is 11.8 Å². The summed E-state index contributed by atoms with van der Waals surface area (Å²) in [5.74, 6) is 2.59. The van der Waals surface area contributed by atoms with Gasteiger partial charge in [0.05, 0.1) is 5.84 Å². The van der Waals surface area contributed by atoms with Crippen LogP contribution in [0.4, 0.5) is 0 Å². The second-order valence-electron chi connectivity index (χ2n) is 5.65. The van der Waals surface area contributed by atoms with Gasteiger partial charge in [0.1, 0.15) is 0 Å². The van der Waals surface area contributed by atoms with E-state index in [0.717, 1.165) is 12.5 Å². The number of nitrogens with zero attached hydrogens (tertiary/aromatic N) is 1. The molecule has 0 aliphatic rings. The summed E-state index contributed by atoms with van der Waals surface area (Å²) in [4.78, 5) is 4.78. The van der Waals surface area contributed by atoms with Crippen molar-refractivity contribution in [3.63, 3.8) is 0 Å². The first-order valence-electron chi connectivity index (χ1n) is 7.32. The van der Waals surface area contributed by atoms with Crippen molar-refractivity contribution in [2.24, 2.45) is 16.8 Å². The summed E-state index contributed by atoms with van der Waals surface area (Å²) in [6, 6.07) is 0.483. The van der Waals surface area contributed by atoms with Crippen molar-refractivity contribution in [2.75, 3.05) is 6.54 Å². The van der Waals surface area contributed by atoms with E-state index in [0.29, 0.717) is 12.0 Å². The number of aliphatic imine (C=N–C) groups is 1. The lowest BCUT2D eigenvalue weighted by molar-refractivity contribution is 0.471. The average Bonchev–Trinajstić information content (AvgIpc) is 2.24. The predicted octanol–water partition coefficient (Wildman–Crippen LogP) is 4.26. The van der Waals surface area contributed by atoms with Gasteiger partial charge in [-0.1, -0.05) is 34.1 Å². The third-order valence-electron chi connectivity index (χ3n) is 2.87. The van der Waals surface area contributed by atoms with Gasteiger partial charge in [-0.3, -0.25) is 4.99 Å². The van der Waals surface area contributed by atoms with Crippen LogP contribution < -0.4 is 5.32 Å². The summed E-state index contributed by atoms with van der Waals surface area (Å²) in [5, 5.41) is 3.55. The fourth-order valence-corrected chi connectivity index (χ4v) is 1.99. The Labute approximate surface area is 108 Å². The van der Waals surface area contributed by atoms with Crippen molar-refractivity contribution in [1.82, 2.24) is 5.32 Å². The summed E-state index contributed by atoms with van der Waals surface area (Å²) in [6.45, 7) is 14.4. The van der Waals surface area contributed by atoms with Gasteiger partial charge >= 0.3 is 0 Å². The number of amidine groups is 1. The van der Waals surface area contributed by atoms with E-state index in [-0.39, 0.29) is 0 Å². The fourth-order valence-electron chi connectivity index (χ4n) is 1.99. The molecule has 0 aromatic heterocycles. The maximum atomic E-state index is 4.78. The molecule has 0 aliphatic heterocycles. The minimum Gasteiger partial charge on any atom is -0.371 e. The van der Waals surface area contributed by atoms with Gasteiger partial charge in [0.15, 0.2) is 0 Å². The van der Waals surface area contributed by atoms with Crippen LogP contribution in [0.25, 0.3) is 0 Å². The highest BCUT2D eigenvalue weighted by Gasteiger charge is 2.16. The number of hydrogen-bond donors (Lipinski definition) is 1. The normalized spacial score (nSPS) is 14.5. The molecule has 2 nitrogen and oxygen atoms in total. The van der Waals surface area contributed by atoms with Crippen molar-refractivity contribution in [3.8, 4) is 0 Å². The molecule has 0 aromatic carbocycles. The molecule has 0 amide bonds. The van der Waals surface area contributed by atoms with E-state index in [1.807, 2.05) is 0 Å². The van der Waals surface area contributed by atoms with Crippen LogP contribution in [-0.4, -0.2) is 18.4 Å². The van der Waals surface area contributed by atoms with Crippen LogP contribution >= 0.6 is 0 Å². The quantitative estimate of drug-likeness (QED) is 0.383. The largest absolute Gasteiger partial charge is 0.371 e. The number of nitrogens with one attached hydrogen (secondary N) is 1. The molecule has 0 aromatic rings. The number of rotatable bonds is 8. The minimum absolute atomic E-state index is 0.483. The lowest BCUT2D eigenvalue weighted by Gasteiger charge is -2.23. The van der Waals surface area contributed by atoms with E-state index in [9.17, 15) is 0 Å². The molecule has 1 atom stereocenters. The Kier molecular flexibility index (Phi) is 9.20. The predicted molar refractivity (Wildman–Crippen MR) is 78.7 cm³/mol. The summed E-state index contributed by atoms with van der Waals surface area (Å²) in [5.41, 5.74) is 0. The molecule has 1 unspecified atom stereocenters. The molecule has 0 heterocycles. The Balaban J connectivity index is 4.55. The second kappa shape index (κ2) is 9.49. The van der Waals surface area contributed by atoms with Crippen LogP contribution in [0.1, 0.15) is 67.2 Å². The lowest BCUT2D eigenvalue weighted by atomic mass is 9.93. The second-order valence-corrected chi connectivity index (χ2v) is 5.65. The zero-order valence-corrected chi connectivity index (χ0v) is 12.7. The monoisotopic (exact) mass is 240 g/mol. The first-order valence-corrected chi connectivity index (χ1v) is 7.32. The van der Waals surface area contributed by atoms with Gasteiger partial charge in [0.2, 0.25) is 0 Å². The van der Waals surface area contributed by atoms with Crippen LogP contribution in [0.3, 0.4) is 0 Å². The Morgan fingerprint density at radius 1 is 1.12 bits per heavy atom. The van der Waals surface area contributed by atoms with Gasteiger partial charge < -0.3 is 5.32 Å². The van der Waals surface area contributed by atoms with Gasteiger partial charge in [0, 0.05) is 18.5 Å². The van der Waals surface area contributed by atoms with Crippen molar-refractivity contribution >= 4 is 5.84 Å². The van der Waals surface area contributed by atoms with E-state index in [1.165, 1.54) is 31.5 Å². The van der Waals surface area contributed by atoms with Crippen LogP contribution in [0.15, 0.2) is 4.99 Å². The average molecular weight is 240 g/mol. The highest BCUT2D eigenvalue weighted by molar-refractivity contribution is 5.84. The van der Waals surface area contributed by atoms with Crippen molar-refractivity contribution in [1.29, 1.82) is 0 Å². The Hall–Kier alpha value is -0.530. The molecular weight excluding hydrogens is 208 g/mol. The van der Waals surface area contributed by atoms with Gasteiger partial charge in [-0.2, -0.15) is 0 Å². The van der Waals surface area contributed by atoms with Crippen LogP contribution in [-0.2, 0) is 0 Å². The molecular formula is C15H32N2. The molecule has 0 fully saturated rings. The molecule has 2 heteroatoms. The Morgan fingerprint density at radius 3 is 2.18 bits per heavy atom. The molecule has 0 rings (SSSR count). The summed E-state index contributed by atoms with van der Waals surface area (Å²) in [6.07, 6.45) is 4.84. The molecule has 102 valence electrons.